The zero-order chi connectivity index (χ0) is 22.8. The SMILES string of the molecule is COc1ccc(S(=O)(=O)Nc2ccccc2C(=O)NC(C)C)cc1N1C(=O)CCC1=O. The number of imide groups is 1. The topological polar surface area (TPSA) is 122 Å². The first-order chi connectivity index (χ1) is 14.6. The van der Waals surface area contributed by atoms with Gasteiger partial charge in [0, 0.05) is 18.9 Å². The summed E-state index contributed by atoms with van der Waals surface area (Å²) >= 11 is 0. The van der Waals surface area contributed by atoms with Crippen LogP contribution in [0.5, 0.6) is 5.75 Å². The number of carbonyl (C=O) groups is 3. The first kappa shape index (κ1) is 22.3. The van der Waals surface area contributed by atoms with Crippen molar-refractivity contribution in [2.24, 2.45) is 0 Å². The van der Waals surface area contributed by atoms with Gasteiger partial charge in [-0.15, -0.1) is 0 Å². The molecule has 1 aliphatic heterocycles. The third kappa shape index (κ3) is 4.69. The number of ether oxygens (including phenoxy) is 1. The van der Waals surface area contributed by atoms with Gasteiger partial charge in [0.25, 0.3) is 15.9 Å². The number of nitrogens with one attached hydrogen (secondary N) is 2. The van der Waals surface area contributed by atoms with E-state index in [0.717, 1.165) is 4.90 Å². The van der Waals surface area contributed by atoms with E-state index in [1.807, 2.05) is 0 Å². The summed E-state index contributed by atoms with van der Waals surface area (Å²) in [6.07, 6.45) is 0.102. The van der Waals surface area contributed by atoms with Crippen LogP contribution in [-0.4, -0.2) is 39.3 Å². The van der Waals surface area contributed by atoms with Crippen molar-refractivity contribution in [3.05, 3.63) is 48.0 Å². The minimum Gasteiger partial charge on any atom is -0.495 e. The molecule has 0 spiro atoms. The quantitative estimate of drug-likeness (QED) is 0.631. The van der Waals surface area contributed by atoms with Crippen molar-refractivity contribution in [2.45, 2.75) is 37.6 Å². The second-order valence-corrected chi connectivity index (χ2v) is 8.92. The van der Waals surface area contributed by atoms with Gasteiger partial charge >= 0.3 is 0 Å². The molecular weight excluding hydrogens is 422 g/mol. The molecule has 1 heterocycles. The number of rotatable bonds is 7. The van der Waals surface area contributed by atoms with Crippen molar-refractivity contribution in [3.63, 3.8) is 0 Å². The van der Waals surface area contributed by atoms with Gasteiger partial charge < -0.3 is 10.1 Å². The Kier molecular flexibility index (Phi) is 6.30. The van der Waals surface area contributed by atoms with Gasteiger partial charge in [0.05, 0.1) is 28.9 Å². The number of amides is 3. The Bertz CT molecular complexity index is 1130. The molecule has 9 nitrogen and oxygen atoms in total. The number of anilines is 2. The van der Waals surface area contributed by atoms with E-state index >= 15 is 0 Å². The molecule has 0 radical (unpaired) electrons. The molecule has 1 fully saturated rings. The molecule has 3 amide bonds. The van der Waals surface area contributed by atoms with Crippen LogP contribution in [0.25, 0.3) is 0 Å². The van der Waals surface area contributed by atoms with Gasteiger partial charge in [0.2, 0.25) is 11.8 Å². The molecule has 0 bridgehead atoms. The fourth-order valence-electron chi connectivity index (χ4n) is 3.17. The monoisotopic (exact) mass is 445 g/mol. The fourth-order valence-corrected chi connectivity index (χ4v) is 4.27. The van der Waals surface area contributed by atoms with Gasteiger partial charge in [0.1, 0.15) is 5.75 Å². The maximum atomic E-state index is 13.1. The van der Waals surface area contributed by atoms with Crippen LogP contribution in [0.15, 0.2) is 47.4 Å². The molecule has 1 aliphatic rings. The third-order valence-corrected chi connectivity index (χ3v) is 5.95. The maximum absolute atomic E-state index is 13.1. The van der Waals surface area contributed by atoms with Crippen molar-refractivity contribution in [1.29, 1.82) is 0 Å². The highest BCUT2D eigenvalue weighted by atomic mass is 32.2. The van der Waals surface area contributed by atoms with Crippen LogP contribution < -0.4 is 19.7 Å². The summed E-state index contributed by atoms with van der Waals surface area (Å²) in [7, 11) is -2.78. The first-order valence-electron chi connectivity index (χ1n) is 9.60. The van der Waals surface area contributed by atoms with E-state index in [4.69, 9.17) is 4.74 Å². The Labute approximate surface area is 180 Å². The highest BCUT2D eigenvalue weighted by Gasteiger charge is 2.33. The van der Waals surface area contributed by atoms with Crippen LogP contribution in [0.1, 0.15) is 37.0 Å². The molecule has 0 aliphatic carbocycles. The fraction of sp³-hybridized carbons (Fsp3) is 0.286. The van der Waals surface area contributed by atoms with Gasteiger partial charge in [0.15, 0.2) is 0 Å². The van der Waals surface area contributed by atoms with Gasteiger partial charge in [-0.2, -0.15) is 0 Å². The number of sulfonamides is 1. The summed E-state index contributed by atoms with van der Waals surface area (Å²) in [6, 6.07) is 9.97. The highest BCUT2D eigenvalue weighted by Crippen LogP contribution is 2.34. The van der Waals surface area contributed by atoms with Crippen molar-refractivity contribution < 1.29 is 27.5 Å². The van der Waals surface area contributed by atoms with E-state index in [0.29, 0.717) is 0 Å². The number of hydrogen-bond donors (Lipinski definition) is 2. The second-order valence-electron chi connectivity index (χ2n) is 7.24. The van der Waals surface area contributed by atoms with Crippen LogP contribution >= 0.6 is 0 Å². The van der Waals surface area contributed by atoms with E-state index in [9.17, 15) is 22.8 Å². The van der Waals surface area contributed by atoms with E-state index in [2.05, 4.69) is 10.0 Å². The summed E-state index contributed by atoms with van der Waals surface area (Å²) in [5.41, 5.74) is 0.327. The molecule has 3 rings (SSSR count). The van der Waals surface area contributed by atoms with Crippen LogP contribution in [0, 0.1) is 0 Å². The number of methoxy groups -OCH3 is 1. The lowest BCUT2D eigenvalue weighted by Gasteiger charge is -2.19. The number of benzene rings is 2. The Hall–Kier alpha value is -3.40. The van der Waals surface area contributed by atoms with Gasteiger partial charge in [-0.25, -0.2) is 13.3 Å². The molecule has 0 unspecified atom stereocenters. The summed E-state index contributed by atoms with van der Waals surface area (Å²) < 4.78 is 33.7. The van der Waals surface area contributed by atoms with Crippen LogP contribution in [0.2, 0.25) is 0 Å². The molecule has 2 aromatic carbocycles. The number of hydrogen-bond acceptors (Lipinski definition) is 6. The van der Waals surface area contributed by atoms with Crippen molar-refractivity contribution in [1.82, 2.24) is 5.32 Å². The second kappa shape index (κ2) is 8.76. The lowest BCUT2D eigenvalue weighted by molar-refractivity contribution is -0.121. The maximum Gasteiger partial charge on any atom is 0.261 e. The normalized spacial score (nSPS) is 14.1. The third-order valence-electron chi connectivity index (χ3n) is 4.59. The van der Waals surface area contributed by atoms with Gasteiger partial charge in [-0.05, 0) is 44.2 Å². The first-order valence-corrected chi connectivity index (χ1v) is 11.1. The van der Waals surface area contributed by atoms with Gasteiger partial charge in [-0.3, -0.25) is 19.1 Å². The number of nitrogens with zero attached hydrogens (tertiary/aromatic N) is 1. The van der Waals surface area contributed by atoms with Crippen LogP contribution in [0.4, 0.5) is 11.4 Å². The number of para-hydroxylation sites is 1. The molecule has 31 heavy (non-hydrogen) atoms. The van der Waals surface area contributed by atoms with Crippen molar-refractivity contribution >= 4 is 39.1 Å². The summed E-state index contributed by atoms with van der Waals surface area (Å²) in [6.45, 7) is 3.59. The predicted molar refractivity (Wildman–Crippen MR) is 115 cm³/mol. The van der Waals surface area contributed by atoms with Crippen LogP contribution in [0.3, 0.4) is 0 Å². The number of carbonyl (C=O) groups excluding carboxylic acids is 3. The van der Waals surface area contributed by atoms with Crippen LogP contribution in [-0.2, 0) is 19.6 Å². The molecule has 2 aromatic rings. The minimum atomic E-state index is -4.14. The summed E-state index contributed by atoms with van der Waals surface area (Å²) in [5.74, 6) is -1.08. The molecule has 10 heteroatoms. The van der Waals surface area contributed by atoms with E-state index in [1.54, 1.807) is 26.0 Å². The van der Waals surface area contributed by atoms with E-state index in [-0.39, 0.29) is 46.5 Å². The molecule has 1 saturated heterocycles. The molecule has 0 saturated carbocycles. The molecule has 0 atom stereocenters. The summed E-state index contributed by atoms with van der Waals surface area (Å²) in [5, 5.41) is 2.72. The highest BCUT2D eigenvalue weighted by molar-refractivity contribution is 7.92. The Morgan fingerprint density at radius 1 is 1.06 bits per heavy atom. The molecule has 164 valence electrons. The van der Waals surface area contributed by atoms with Gasteiger partial charge in [-0.1, -0.05) is 12.1 Å². The lowest BCUT2D eigenvalue weighted by Crippen LogP contribution is -2.31. The standard InChI is InChI=1S/C21H23N3O6S/c1-13(2)22-21(27)15-6-4-5-7-16(15)23-31(28,29)14-8-9-18(30-3)17(12-14)24-19(25)10-11-20(24)26/h4-9,12-13,23H,10-11H2,1-3H3,(H,22,27). The Balaban J connectivity index is 1.99. The Morgan fingerprint density at radius 3 is 2.32 bits per heavy atom. The molecule has 2 N–H and O–H groups in total. The average molecular weight is 445 g/mol. The zero-order valence-corrected chi connectivity index (χ0v) is 18.2. The predicted octanol–water partition coefficient (Wildman–Crippen LogP) is 2.29. The zero-order valence-electron chi connectivity index (χ0n) is 17.3. The summed E-state index contributed by atoms with van der Waals surface area (Å²) in [4.78, 5) is 37.5. The largest absolute Gasteiger partial charge is 0.495 e. The lowest BCUT2D eigenvalue weighted by atomic mass is 10.1. The Morgan fingerprint density at radius 2 is 1.71 bits per heavy atom. The van der Waals surface area contributed by atoms with E-state index < -0.39 is 27.7 Å². The molecule has 0 aromatic heterocycles. The van der Waals surface area contributed by atoms with Crippen molar-refractivity contribution in [2.75, 3.05) is 16.7 Å². The molecular formula is C21H23N3O6S. The van der Waals surface area contributed by atoms with Crippen molar-refractivity contribution in [3.8, 4) is 5.75 Å². The smallest absolute Gasteiger partial charge is 0.261 e. The average Bonchev–Trinajstić information content (AvgIpc) is 3.05. The minimum absolute atomic E-state index is 0.0511. The van der Waals surface area contributed by atoms with E-state index in [1.165, 1.54) is 37.4 Å².